The quantitative estimate of drug-likeness (QED) is 0.734. The summed E-state index contributed by atoms with van der Waals surface area (Å²) in [5.74, 6) is -0.140. The Morgan fingerprint density at radius 2 is 2.07 bits per heavy atom. The molecule has 15 heavy (non-hydrogen) atoms. The minimum absolute atomic E-state index is 0.140. The number of nitrogens with zero attached hydrogens (tertiary/aromatic N) is 1. The summed E-state index contributed by atoms with van der Waals surface area (Å²) in [4.78, 5) is 2.51. The summed E-state index contributed by atoms with van der Waals surface area (Å²) >= 11 is 0. The maximum atomic E-state index is 12.8. The predicted molar refractivity (Wildman–Crippen MR) is 60.2 cm³/mol. The van der Waals surface area contributed by atoms with Gasteiger partial charge in [0.15, 0.2) is 0 Å². The average molecular weight is 207 g/mol. The van der Waals surface area contributed by atoms with Crippen molar-refractivity contribution in [1.82, 2.24) is 4.90 Å². The molecule has 0 spiro atoms. The van der Waals surface area contributed by atoms with Crippen molar-refractivity contribution >= 4 is 0 Å². The monoisotopic (exact) mass is 207 g/mol. The highest BCUT2D eigenvalue weighted by atomic mass is 19.1. The first-order chi connectivity index (χ1) is 7.31. The zero-order valence-electron chi connectivity index (χ0n) is 9.25. The molecule has 1 fully saturated rings. The molecule has 0 amide bonds. The van der Waals surface area contributed by atoms with E-state index in [1.165, 1.54) is 31.4 Å². The molecule has 0 N–H and O–H groups in total. The van der Waals surface area contributed by atoms with Crippen LogP contribution in [-0.4, -0.2) is 18.0 Å². The Labute approximate surface area is 90.9 Å². The fourth-order valence-corrected chi connectivity index (χ4v) is 2.44. The van der Waals surface area contributed by atoms with Gasteiger partial charge in [-0.25, -0.2) is 4.39 Å². The van der Waals surface area contributed by atoms with Crippen molar-refractivity contribution in [3.63, 3.8) is 0 Å². The fourth-order valence-electron chi connectivity index (χ4n) is 2.44. The van der Waals surface area contributed by atoms with E-state index in [1.807, 2.05) is 12.1 Å². The van der Waals surface area contributed by atoms with Crippen molar-refractivity contribution in [2.45, 2.75) is 32.2 Å². The van der Waals surface area contributed by atoms with Crippen molar-refractivity contribution in [2.24, 2.45) is 0 Å². The lowest BCUT2D eigenvalue weighted by atomic mass is 10.0. The number of halogens is 1. The van der Waals surface area contributed by atoms with Crippen LogP contribution in [0.15, 0.2) is 24.3 Å². The Kier molecular flexibility index (Phi) is 3.37. The smallest absolute Gasteiger partial charge is 0.123 e. The minimum atomic E-state index is -0.140. The van der Waals surface area contributed by atoms with Gasteiger partial charge in [-0.2, -0.15) is 0 Å². The summed E-state index contributed by atoms with van der Waals surface area (Å²) in [6.07, 6.45) is 3.67. The van der Waals surface area contributed by atoms with E-state index in [2.05, 4.69) is 11.8 Å². The van der Waals surface area contributed by atoms with Gasteiger partial charge in [-0.1, -0.05) is 19.1 Å². The molecular formula is C13H18FN. The second-order valence-electron chi connectivity index (χ2n) is 4.25. The van der Waals surface area contributed by atoms with Crippen molar-refractivity contribution in [3.05, 3.63) is 35.6 Å². The summed E-state index contributed by atoms with van der Waals surface area (Å²) in [5.41, 5.74) is 1.27. The van der Waals surface area contributed by atoms with Gasteiger partial charge in [0.25, 0.3) is 0 Å². The molecule has 1 heterocycles. The molecular weight excluding hydrogens is 189 g/mol. The van der Waals surface area contributed by atoms with E-state index in [0.29, 0.717) is 6.04 Å². The van der Waals surface area contributed by atoms with Crippen LogP contribution in [0.3, 0.4) is 0 Å². The summed E-state index contributed by atoms with van der Waals surface area (Å²) in [6, 6.07) is 7.50. The van der Waals surface area contributed by atoms with Gasteiger partial charge in [0.05, 0.1) is 0 Å². The van der Waals surface area contributed by atoms with E-state index >= 15 is 0 Å². The summed E-state index contributed by atoms with van der Waals surface area (Å²) in [5, 5.41) is 0. The van der Waals surface area contributed by atoms with Gasteiger partial charge >= 0.3 is 0 Å². The van der Waals surface area contributed by atoms with Crippen molar-refractivity contribution in [1.29, 1.82) is 0 Å². The molecule has 2 heteroatoms. The van der Waals surface area contributed by atoms with Crippen molar-refractivity contribution in [3.8, 4) is 0 Å². The van der Waals surface area contributed by atoms with E-state index in [1.54, 1.807) is 12.1 Å². The molecule has 0 saturated carbocycles. The normalized spacial score (nSPS) is 22.1. The number of rotatable bonds is 3. The molecule has 1 aromatic rings. The van der Waals surface area contributed by atoms with Crippen LogP contribution in [0.5, 0.6) is 0 Å². The Bertz CT molecular complexity index is 307. The number of hydrogen-bond acceptors (Lipinski definition) is 1. The second kappa shape index (κ2) is 4.75. The lowest BCUT2D eigenvalue weighted by Crippen LogP contribution is -2.23. The summed E-state index contributed by atoms with van der Waals surface area (Å²) in [6.45, 7) is 4.55. The lowest BCUT2D eigenvalue weighted by molar-refractivity contribution is 0.258. The highest BCUT2D eigenvalue weighted by Crippen LogP contribution is 2.31. The van der Waals surface area contributed by atoms with Crippen LogP contribution in [0.4, 0.5) is 4.39 Å². The molecule has 0 radical (unpaired) electrons. The Hall–Kier alpha value is -0.890. The maximum Gasteiger partial charge on any atom is 0.123 e. The first-order valence-electron chi connectivity index (χ1n) is 5.81. The molecule has 0 unspecified atom stereocenters. The third-order valence-electron chi connectivity index (χ3n) is 3.13. The zero-order chi connectivity index (χ0) is 10.7. The highest BCUT2D eigenvalue weighted by molar-refractivity contribution is 5.20. The first kappa shape index (κ1) is 10.6. The summed E-state index contributed by atoms with van der Waals surface area (Å²) < 4.78 is 12.8. The molecule has 2 rings (SSSR count). The van der Waals surface area contributed by atoms with Crippen molar-refractivity contribution < 1.29 is 4.39 Å². The molecule has 1 aromatic carbocycles. The van der Waals surface area contributed by atoms with Gasteiger partial charge in [0.2, 0.25) is 0 Å². The average Bonchev–Trinajstić information content (AvgIpc) is 2.68. The molecule has 1 aliphatic heterocycles. The molecule has 0 aromatic heterocycles. The number of likely N-dealkylation sites (tertiary alicyclic amines) is 1. The third kappa shape index (κ3) is 2.37. The second-order valence-corrected chi connectivity index (χ2v) is 4.25. The Morgan fingerprint density at radius 1 is 1.33 bits per heavy atom. The minimum Gasteiger partial charge on any atom is -0.296 e. The Morgan fingerprint density at radius 3 is 2.73 bits per heavy atom. The molecule has 1 atom stereocenters. The molecule has 82 valence electrons. The SMILES string of the molecule is CCCN1CCC[C@H]1c1ccc(F)cc1. The topological polar surface area (TPSA) is 3.24 Å². The lowest BCUT2D eigenvalue weighted by Gasteiger charge is -2.24. The Balaban J connectivity index is 2.11. The van der Waals surface area contributed by atoms with Crippen LogP contribution in [0.1, 0.15) is 37.8 Å². The van der Waals surface area contributed by atoms with Crippen LogP contribution in [0.2, 0.25) is 0 Å². The van der Waals surface area contributed by atoms with Crippen LogP contribution < -0.4 is 0 Å². The van der Waals surface area contributed by atoms with E-state index < -0.39 is 0 Å². The molecule has 1 saturated heterocycles. The summed E-state index contributed by atoms with van der Waals surface area (Å²) in [7, 11) is 0. The largest absolute Gasteiger partial charge is 0.296 e. The van der Waals surface area contributed by atoms with Crippen molar-refractivity contribution in [2.75, 3.05) is 13.1 Å². The van der Waals surface area contributed by atoms with Gasteiger partial charge in [-0.15, -0.1) is 0 Å². The number of hydrogen-bond donors (Lipinski definition) is 0. The zero-order valence-corrected chi connectivity index (χ0v) is 9.25. The van der Waals surface area contributed by atoms with Crippen LogP contribution in [0, 0.1) is 5.82 Å². The fraction of sp³-hybridized carbons (Fsp3) is 0.538. The number of benzene rings is 1. The predicted octanol–water partition coefficient (Wildman–Crippen LogP) is 3.37. The van der Waals surface area contributed by atoms with Gasteiger partial charge in [0.1, 0.15) is 5.82 Å². The standard InChI is InChI=1S/C13H18FN/c1-2-9-15-10-3-4-13(15)11-5-7-12(14)8-6-11/h5-8,13H,2-4,9-10H2,1H3/t13-/m0/s1. The van der Waals surface area contributed by atoms with E-state index in [4.69, 9.17) is 0 Å². The van der Waals surface area contributed by atoms with Crippen LogP contribution >= 0.6 is 0 Å². The molecule has 0 bridgehead atoms. The third-order valence-corrected chi connectivity index (χ3v) is 3.13. The van der Waals surface area contributed by atoms with Gasteiger partial charge in [0, 0.05) is 6.04 Å². The highest BCUT2D eigenvalue weighted by Gasteiger charge is 2.24. The van der Waals surface area contributed by atoms with Crippen LogP contribution in [0.25, 0.3) is 0 Å². The van der Waals surface area contributed by atoms with Crippen LogP contribution in [-0.2, 0) is 0 Å². The van der Waals surface area contributed by atoms with E-state index in [0.717, 1.165) is 6.54 Å². The molecule has 1 aliphatic rings. The first-order valence-corrected chi connectivity index (χ1v) is 5.81. The maximum absolute atomic E-state index is 12.8. The molecule has 0 aliphatic carbocycles. The van der Waals surface area contributed by atoms with Gasteiger partial charge < -0.3 is 0 Å². The molecule has 1 nitrogen and oxygen atoms in total. The van der Waals surface area contributed by atoms with E-state index in [-0.39, 0.29) is 5.82 Å². The van der Waals surface area contributed by atoms with Gasteiger partial charge in [-0.3, -0.25) is 4.90 Å². The van der Waals surface area contributed by atoms with E-state index in [9.17, 15) is 4.39 Å². The van der Waals surface area contributed by atoms with Gasteiger partial charge in [-0.05, 0) is 50.0 Å².